The van der Waals surface area contributed by atoms with E-state index in [1.165, 1.54) is 37.0 Å². The van der Waals surface area contributed by atoms with Crippen LogP contribution in [0.4, 0.5) is 8.78 Å². The summed E-state index contributed by atoms with van der Waals surface area (Å²) < 4.78 is 29.0. The van der Waals surface area contributed by atoms with Crippen LogP contribution in [0.3, 0.4) is 0 Å². The summed E-state index contributed by atoms with van der Waals surface area (Å²) in [5, 5.41) is 10.3. The van der Waals surface area contributed by atoms with Crippen molar-refractivity contribution < 1.29 is 8.78 Å². The first-order chi connectivity index (χ1) is 17.1. The van der Waals surface area contributed by atoms with Crippen LogP contribution in [0.5, 0.6) is 0 Å². The third-order valence-electron chi connectivity index (χ3n) is 6.40. The van der Waals surface area contributed by atoms with Gasteiger partial charge in [-0.15, -0.1) is 0 Å². The van der Waals surface area contributed by atoms with Crippen molar-refractivity contribution in [2.75, 3.05) is 0 Å². The van der Waals surface area contributed by atoms with Crippen molar-refractivity contribution in [3.8, 4) is 6.07 Å². The Morgan fingerprint density at radius 3 is 2.26 bits per heavy atom. The number of rotatable bonds is 10. The van der Waals surface area contributed by atoms with E-state index in [0.717, 1.165) is 41.6 Å². The summed E-state index contributed by atoms with van der Waals surface area (Å²) in [7, 11) is 0. The topological polar surface area (TPSA) is 49.6 Å². The Bertz CT molecular complexity index is 1340. The van der Waals surface area contributed by atoms with E-state index in [1.807, 2.05) is 48.8 Å². The molecule has 0 fully saturated rings. The summed E-state index contributed by atoms with van der Waals surface area (Å²) in [6.45, 7) is 2.20. The molecule has 0 aliphatic rings. The summed E-state index contributed by atoms with van der Waals surface area (Å²) in [6.07, 6.45) is 11.0. The predicted molar refractivity (Wildman–Crippen MR) is 135 cm³/mol. The molecule has 0 saturated heterocycles. The highest BCUT2D eigenvalue weighted by molar-refractivity contribution is 5.84. The van der Waals surface area contributed by atoms with Crippen LogP contribution < -0.4 is 0 Å². The lowest BCUT2D eigenvalue weighted by Gasteiger charge is -2.09. The summed E-state index contributed by atoms with van der Waals surface area (Å²) in [4.78, 5) is 9.02. The monoisotopic (exact) mass is 469 g/mol. The Labute approximate surface area is 205 Å². The largest absolute Gasteiger partial charge is 0.241 e. The fourth-order valence-electron chi connectivity index (χ4n) is 4.29. The number of nitrogens with zero attached hydrogens (tertiary/aromatic N) is 3. The van der Waals surface area contributed by atoms with Crippen LogP contribution in [-0.2, 0) is 32.1 Å². The standard InChI is InChI=1S/C30H29F2N3/c1-2-3-4-5-23-19-34-29(35-20-23)15-9-21-8-14-27-25(16-21)13-12-24(30(27)32)10-6-22-7-11-26(18-33)28(31)17-22/h7-8,11-14,16-17,19-20H,2-6,9-10,15H2,1H3. The quantitative estimate of drug-likeness (QED) is 0.233. The van der Waals surface area contributed by atoms with Gasteiger partial charge in [-0.05, 0) is 71.9 Å². The van der Waals surface area contributed by atoms with E-state index in [1.54, 1.807) is 6.07 Å². The minimum Gasteiger partial charge on any atom is -0.241 e. The summed E-state index contributed by atoms with van der Waals surface area (Å²) in [5.74, 6) is 0.0556. The maximum Gasteiger partial charge on any atom is 0.141 e. The number of hydrogen-bond donors (Lipinski definition) is 0. The van der Waals surface area contributed by atoms with E-state index in [2.05, 4.69) is 16.9 Å². The predicted octanol–water partition coefficient (Wildman–Crippen LogP) is 7.08. The lowest BCUT2D eigenvalue weighted by molar-refractivity contribution is 0.616. The van der Waals surface area contributed by atoms with Crippen molar-refractivity contribution in [2.24, 2.45) is 0 Å². The molecule has 4 rings (SSSR count). The van der Waals surface area contributed by atoms with Crippen molar-refractivity contribution in [3.63, 3.8) is 0 Å². The molecule has 3 nitrogen and oxygen atoms in total. The summed E-state index contributed by atoms with van der Waals surface area (Å²) in [5.41, 5.74) is 3.67. The SMILES string of the molecule is CCCCCc1cnc(CCc2ccc3c(F)c(CCc4ccc(C#N)c(F)c4)ccc3c2)nc1. The van der Waals surface area contributed by atoms with Crippen molar-refractivity contribution in [3.05, 3.63) is 106 Å². The molecule has 1 heterocycles. The molecule has 0 N–H and O–H groups in total. The van der Waals surface area contributed by atoms with Gasteiger partial charge in [0.2, 0.25) is 0 Å². The summed E-state index contributed by atoms with van der Waals surface area (Å²) >= 11 is 0. The molecule has 0 aliphatic carbocycles. The van der Waals surface area contributed by atoms with Crippen LogP contribution >= 0.6 is 0 Å². The van der Waals surface area contributed by atoms with Crippen LogP contribution in [0.2, 0.25) is 0 Å². The zero-order valence-electron chi connectivity index (χ0n) is 20.0. The number of aryl methyl sites for hydroxylation is 5. The lowest BCUT2D eigenvalue weighted by Crippen LogP contribution is -2.00. The zero-order valence-corrected chi connectivity index (χ0v) is 20.0. The molecule has 0 radical (unpaired) electrons. The Balaban J connectivity index is 1.38. The van der Waals surface area contributed by atoms with Crippen LogP contribution in [0.1, 0.15) is 59.8 Å². The van der Waals surface area contributed by atoms with Gasteiger partial charge in [-0.1, -0.05) is 56.2 Å². The first-order valence-electron chi connectivity index (χ1n) is 12.3. The molecule has 3 aromatic carbocycles. The van der Waals surface area contributed by atoms with Crippen molar-refractivity contribution >= 4 is 10.8 Å². The number of nitriles is 1. The van der Waals surface area contributed by atoms with E-state index in [-0.39, 0.29) is 11.4 Å². The normalized spacial score (nSPS) is 11.0. The fourth-order valence-corrected chi connectivity index (χ4v) is 4.29. The molecule has 0 saturated carbocycles. The van der Waals surface area contributed by atoms with Crippen LogP contribution in [0, 0.1) is 23.0 Å². The average molecular weight is 470 g/mol. The second-order valence-corrected chi connectivity index (χ2v) is 8.98. The average Bonchev–Trinajstić information content (AvgIpc) is 2.88. The van der Waals surface area contributed by atoms with E-state index in [9.17, 15) is 4.39 Å². The van der Waals surface area contributed by atoms with Crippen LogP contribution in [-0.4, -0.2) is 9.97 Å². The molecule has 35 heavy (non-hydrogen) atoms. The van der Waals surface area contributed by atoms with Gasteiger partial charge in [-0.2, -0.15) is 5.26 Å². The van der Waals surface area contributed by atoms with Gasteiger partial charge in [0.05, 0.1) is 5.56 Å². The van der Waals surface area contributed by atoms with Gasteiger partial charge in [0.1, 0.15) is 23.5 Å². The number of halogens is 2. The second kappa shape index (κ2) is 11.7. The first-order valence-corrected chi connectivity index (χ1v) is 12.3. The number of benzene rings is 3. The first kappa shape index (κ1) is 24.5. The van der Waals surface area contributed by atoms with E-state index >= 15 is 4.39 Å². The molecule has 0 unspecified atom stereocenters. The summed E-state index contributed by atoms with van der Waals surface area (Å²) in [6, 6.07) is 15.9. The Kier molecular flexibility index (Phi) is 8.15. The molecule has 1 aromatic heterocycles. The van der Waals surface area contributed by atoms with Gasteiger partial charge in [0.15, 0.2) is 0 Å². The molecular weight excluding hydrogens is 440 g/mol. The minimum atomic E-state index is -0.537. The van der Waals surface area contributed by atoms with Gasteiger partial charge in [0, 0.05) is 24.2 Å². The molecule has 0 atom stereocenters. The molecule has 4 aromatic rings. The molecule has 0 bridgehead atoms. The molecule has 0 spiro atoms. The van der Waals surface area contributed by atoms with E-state index < -0.39 is 5.82 Å². The highest BCUT2D eigenvalue weighted by atomic mass is 19.1. The molecule has 0 aliphatic heterocycles. The van der Waals surface area contributed by atoms with Gasteiger partial charge < -0.3 is 0 Å². The van der Waals surface area contributed by atoms with Crippen LogP contribution in [0.25, 0.3) is 10.8 Å². The smallest absolute Gasteiger partial charge is 0.141 e. The van der Waals surface area contributed by atoms with Crippen LogP contribution in [0.15, 0.2) is 60.9 Å². The Morgan fingerprint density at radius 1 is 0.771 bits per heavy atom. The number of unbranched alkanes of at least 4 members (excludes halogenated alkanes) is 2. The lowest BCUT2D eigenvalue weighted by atomic mass is 9.98. The molecule has 0 amide bonds. The number of fused-ring (bicyclic) bond motifs is 1. The third kappa shape index (κ3) is 6.27. The maximum atomic E-state index is 15.2. The van der Waals surface area contributed by atoms with Gasteiger partial charge in [-0.25, -0.2) is 18.7 Å². The molecular formula is C30H29F2N3. The Hall–Kier alpha value is -3.65. The molecule has 5 heteroatoms. The van der Waals surface area contributed by atoms with Gasteiger partial charge >= 0.3 is 0 Å². The fraction of sp³-hybridized carbons (Fsp3) is 0.300. The highest BCUT2D eigenvalue weighted by Gasteiger charge is 2.10. The van der Waals surface area contributed by atoms with E-state index in [4.69, 9.17) is 5.26 Å². The second-order valence-electron chi connectivity index (χ2n) is 8.98. The Morgan fingerprint density at radius 2 is 1.51 bits per heavy atom. The maximum absolute atomic E-state index is 15.2. The van der Waals surface area contributed by atoms with Crippen molar-refractivity contribution in [2.45, 2.75) is 58.3 Å². The number of hydrogen-bond acceptors (Lipinski definition) is 3. The van der Waals surface area contributed by atoms with Crippen molar-refractivity contribution in [1.82, 2.24) is 9.97 Å². The number of aromatic nitrogens is 2. The van der Waals surface area contributed by atoms with Gasteiger partial charge in [0.25, 0.3) is 0 Å². The zero-order chi connectivity index (χ0) is 24.6. The van der Waals surface area contributed by atoms with Gasteiger partial charge in [-0.3, -0.25) is 0 Å². The van der Waals surface area contributed by atoms with Crippen molar-refractivity contribution in [1.29, 1.82) is 5.26 Å². The third-order valence-corrected chi connectivity index (χ3v) is 6.40. The van der Waals surface area contributed by atoms with E-state index in [0.29, 0.717) is 23.8 Å². The minimum absolute atomic E-state index is 0.0208. The molecule has 178 valence electrons. The highest BCUT2D eigenvalue weighted by Crippen LogP contribution is 2.24.